The van der Waals surface area contributed by atoms with Crippen molar-refractivity contribution in [1.29, 1.82) is 0 Å². The Labute approximate surface area is 179 Å². The van der Waals surface area contributed by atoms with Gasteiger partial charge in [0.15, 0.2) is 0 Å². The minimum atomic E-state index is -0.931. The molecule has 0 bridgehead atoms. The van der Waals surface area contributed by atoms with Crippen molar-refractivity contribution in [2.24, 2.45) is 0 Å². The van der Waals surface area contributed by atoms with Crippen LogP contribution >= 0.6 is 0 Å². The number of nitrogens with zero attached hydrogens (tertiary/aromatic N) is 1. The van der Waals surface area contributed by atoms with E-state index in [2.05, 4.69) is 25.9 Å². The summed E-state index contributed by atoms with van der Waals surface area (Å²) in [6.07, 6.45) is 0.770. The fourth-order valence-corrected chi connectivity index (χ4v) is 3.48. The SMILES string of the molecule is CCc1ccc(NC(=O)C2CC(=O)Nc3nc(Nc4ccc(C)cc4)[nH]c(=O)c32)cc1. The summed E-state index contributed by atoms with van der Waals surface area (Å²) in [6, 6.07) is 15.0. The van der Waals surface area contributed by atoms with Gasteiger partial charge in [-0.25, -0.2) is 0 Å². The third kappa shape index (κ3) is 4.48. The van der Waals surface area contributed by atoms with E-state index in [-0.39, 0.29) is 29.7 Å². The van der Waals surface area contributed by atoms with E-state index in [4.69, 9.17) is 0 Å². The Balaban J connectivity index is 1.60. The van der Waals surface area contributed by atoms with Gasteiger partial charge in [0.2, 0.25) is 17.8 Å². The summed E-state index contributed by atoms with van der Waals surface area (Å²) in [6.45, 7) is 4.02. The number of fused-ring (bicyclic) bond motifs is 1. The molecule has 1 aliphatic rings. The second-order valence-electron chi connectivity index (χ2n) is 7.51. The number of hydrogen-bond donors (Lipinski definition) is 4. The van der Waals surface area contributed by atoms with Crippen LogP contribution in [0.5, 0.6) is 0 Å². The van der Waals surface area contributed by atoms with Gasteiger partial charge in [0.25, 0.3) is 5.56 Å². The van der Waals surface area contributed by atoms with Crippen molar-refractivity contribution in [2.45, 2.75) is 32.6 Å². The molecule has 4 N–H and O–H groups in total. The molecule has 0 spiro atoms. The van der Waals surface area contributed by atoms with Gasteiger partial charge in [-0.2, -0.15) is 4.98 Å². The van der Waals surface area contributed by atoms with Gasteiger partial charge in [-0.05, 0) is 43.2 Å². The van der Waals surface area contributed by atoms with Gasteiger partial charge in [0.1, 0.15) is 5.82 Å². The predicted molar refractivity (Wildman–Crippen MR) is 120 cm³/mol. The van der Waals surface area contributed by atoms with Crippen LogP contribution < -0.4 is 21.5 Å². The molecule has 0 saturated heterocycles. The highest BCUT2D eigenvalue weighted by Gasteiger charge is 2.34. The summed E-state index contributed by atoms with van der Waals surface area (Å²) in [5, 5.41) is 8.42. The Bertz CT molecular complexity index is 1180. The van der Waals surface area contributed by atoms with Gasteiger partial charge >= 0.3 is 0 Å². The molecule has 2 amide bonds. The summed E-state index contributed by atoms with van der Waals surface area (Å²) in [5.41, 5.74) is 3.27. The first-order valence-electron chi connectivity index (χ1n) is 10.1. The summed E-state index contributed by atoms with van der Waals surface area (Å²) in [5.74, 6) is -1.44. The van der Waals surface area contributed by atoms with Gasteiger partial charge in [0, 0.05) is 17.8 Å². The Kier molecular flexibility index (Phi) is 5.53. The van der Waals surface area contributed by atoms with Crippen molar-refractivity contribution in [2.75, 3.05) is 16.0 Å². The maximum absolute atomic E-state index is 12.9. The van der Waals surface area contributed by atoms with Gasteiger partial charge in [0.05, 0.1) is 11.5 Å². The van der Waals surface area contributed by atoms with E-state index in [9.17, 15) is 14.4 Å². The number of aryl methyl sites for hydroxylation is 2. The first kappa shape index (κ1) is 20.3. The molecular formula is C23H23N5O3. The number of hydrogen-bond acceptors (Lipinski definition) is 5. The minimum Gasteiger partial charge on any atom is -0.326 e. The number of aromatic amines is 1. The molecular weight excluding hydrogens is 394 g/mol. The minimum absolute atomic E-state index is 0.0936. The predicted octanol–water partition coefficient (Wildman–Crippen LogP) is 3.45. The molecule has 1 aliphatic heterocycles. The van der Waals surface area contributed by atoms with Crippen molar-refractivity contribution in [1.82, 2.24) is 9.97 Å². The van der Waals surface area contributed by atoms with Crippen LogP contribution in [0.25, 0.3) is 0 Å². The monoisotopic (exact) mass is 417 g/mol. The highest BCUT2D eigenvalue weighted by Crippen LogP contribution is 2.30. The second kappa shape index (κ2) is 8.43. The fraction of sp³-hybridized carbons (Fsp3) is 0.217. The van der Waals surface area contributed by atoms with E-state index in [1.54, 1.807) is 12.1 Å². The summed E-state index contributed by atoms with van der Waals surface area (Å²) in [7, 11) is 0. The molecule has 8 nitrogen and oxygen atoms in total. The smallest absolute Gasteiger partial charge is 0.258 e. The van der Waals surface area contributed by atoms with Crippen LogP contribution in [-0.2, 0) is 16.0 Å². The number of nitrogens with one attached hydrogen (secondary N) is 4. The van der Waals surface area contributed by atoms with Crippen LogP contribution in [0.15, 0.2) is 53.3 Å². The third-order valence-corrected chi connectivity index (χ3v) is 5.21. The number of carbonyl (C=O) groups is 2. The average Bonchev–Trinajstić information content (AvgIpc) is 2.75. The Hall–Kier alpha value is -3.94. The Morgan fingerprint density at radius 1 is 1.06 bits per heavy atom. The van der Waals surface area contributed by atoms with Gasteiger partial charge in [-0.1, -0.05) is 36.8 Å². The first-order valence-corrected chi connectivity index (χ1v) is 10.1. The number of anilines is 4. The molecule has 1 aromatic heterocycles. The molecule has 1 unspecified atom stereocenters. The lowest BCUT2D eigenvalue weighted by Crippen LogP contribution is -2.36. The highest BCUT2D eigenvalue weighted by atomic mass is 16.2. The maximum Gasteiger partial charge on any atom is 0.258 e. The second-order valence-corrected chi connectivity index (χ2v) is 7.51. The van der Waals surface area contributed by atoms with Crippen LogP contribution in [-0.4, -0.2) is 21.8 Å². The molecule has 3 aromatic rings. The molecule has 0 fully saturated rings. The van der Waals surface area contributed by atoms with E-state index in [1.807, 2.05) is 50.2 Å². The molecule has 0 saturated carbocycles. The number of carbonyl (C=O) groups excluding carboxylic acids is 2. The molecule has 31 heavy (non-hydrogen) atoms. The number of benzene rings is 2. The molecule has 158 valence electrons. The van der Waals surface area contributed by atoms with Crippen LogP contribution in [0, 0.1) is 6.92 Å². The van der Waals surface area contributed by atoms with E-state index >= 15 is 0 Å². The van der Waals surface area contributed by atoms with Crippen molar-refractivity contribution >= 4 is 35.0 Å². The molecule has 4 rings (SSSR count). The number of H-pyrrole nitrogens is 1. The standard InChI is InChI=1S/C23H23N5O3/c1-3-14-6-10-15(11-7-14)24-21(30)17-12-18(29)26-20-19(17)22(31)28-23(27-20)25-16-8-4-13(2)5-9-16/h4-11,17H,3,12H2,1-2H3,(H,24,30)(H3,25,26,27,28,29,31). The van der Waals surface area contributed by atoms with E-state index in [0.717, 1.165) is 23.2 Å². The molecule has 0 radical (unpaired) electrons. The quantitative estimate of drug-likeness (QED) is 0.507. The fourth-order valence-electron chi connectivity index (χ4n) is 3.48. The van der Waals surface area contributed by atoms with Crippen molar-refractivity contribution < 1.29 is 9.59 Å². The van der Waals surface area contributed by atoms with Crippen LogP contribution in [0.1, 0.15) is 36.0 Å². The lowest BCUT2D eigenvalue weighted by molar-refractivity contribution is -0.123. The number of rotatable bonds is 5. The normalized spacial score (nSPS) is 15.0. The molecule has 2 heterocycles. The Morgan fingerprint density at radius 2 is 1.74 bits per heavy atom. The zero-order valence-electron chi connectivity index (χ0n) is 17.3. The van der Waals surface area contributed by atoms with Gasteiger partial charge < -0.3 is 16.0 Å². The van der Waals surface area contributed by atoms with Gasteiger partial charge in [-0.15, -0.1) is 0 Å². The molecule has 8 heteroatoms. The Morgan fingerprint density at radius 3 is 2.42 bits per heavy atom. The largest absolute Gasteiger partial charge is 0.326 e. The highest BCUT2D eigenvalue weighted by molar-refractivity contribution is 6.04. The van der Waals surface area contributed by atoms with Crippen LogP contribution in [0.3, 0.4) is 0 Å². The lowest BCUT2D eigenvalue weighted by Gasteiger charge is -2.23. The lowest BCUT2D eigenvalue weighted by atomic mass is 9.92. The third-order valence-electron chi connectivity index (χ3n) is 5.21. The zero-order chi connectivity index (χ0) is 22.0. The first-order chi connectivity index (χ1) is 14.9. The van der Waals surface area contributed by atoms with E-state index in [1.165, 1.54) is 0 Å². The number of aromatic nitrogens is 2. The average molecular weight is 417 g/mol. The molecule has 0 aliphatic carbocycles. The van der Waals surface area contributed by atoms with Crippen molar-refractivity contribution in [3.05, 3.63) is 75.6 Å². The molecule has 1 atom stereocenters. The summed E-state index contributed by atoms with van der Waals surface area (Å²) in [4.78, 5) is 44.9. The molecule has 2 aromatic carbocycles. The van der Waals surface area contributed by atoms with Crippen LogP contribution in [0.4, 0.5) is 23.1 Å². The van der Waals surface area contributed by atoms with Crippen molar-refractivity contribution in [3.63, 3.8) is 0 Å². The number of amides is 2. The van der Waals surface area contributed by atoms with E-state index < -0.39 is 17.4 Å². The van der Waals surface area contributed by atoms with Crippen molar-refractivity contribution in [3.8, 4) is 0 Å². The zero-order valence-corrected chi connectivity index (χ0v) is 17.3. The van der Waals surface area contributed by atoms with Crippen LogP contribution in [0.2, 0.25) is 0 Å². The maximum atomic E-state index is 12.9. The summed E-state index contributed by atoms with van der Waals surface area (Å²) >= 11 is 0. The van der Waals surface area contributed by atoms with Gasteiger partial charge in [-0.3, -0.25) is 19.4 Å². The van der Waals surface area contributed by atoms with E-state index in [0.29, 0.717) is 5.69 Å². The topological polar surface area (TPSA) is 116 Å². The summed E-state index contributed by atoms with van der Waals surface area (Å²) < 4.78 is 0.